The molecule has 0 bridgehead atoms. The topological polar surface area (TPSA) is 44.8 Å². The molecule has 1 atom stereocenters. The third kappa shape index (κ3) is 4.24. The first-order chi connectivity index (χ1) is 11.1. The van der Waals surface area contributed by atoms with E-state index in [1.165, 1.54) is 11.3 Å². The summed E-state index contributed by atoms with van der Waals surface area (Å²) in [5, 5.41) is 3.62. The SMILES string of the molecule is Cc1ccc(N2CCC(NCC3CN(C)C(=O)CO3)CC2)cc1. The molecule has 2 fully saturated rings. The highest BCUT2D eigenvalue weighted by Crippen LogP contribution is 2.20. The highest BCUT2D eigenvalue weighted by molar-refractivity contribution is 5.77. The molecule has 1 N–H and O–H groups in total. The molecule has 23 heavy (non-hydrogen) atoms. The van der Waals surface area contributed by atoms with Crippen molar-refractivity contribution in [3.05, 3.63) is 29.8 Å². The minimum absolute atomic E-state index is 0.0765. The van der Waals surface area contributed by atoms with Gasteiger partial charge in [-0.25, -0.2) is 0 Å². The Morgan fingerprint density at radius 2 is 1.91 bits per heavy atom. The lowest BCUT2D eigenvalue weighted by Gasteiger charge is -2.36. The second-order valence-electron chi connectivity index (χ2n) is 6.71. The van der Waals surface area contributed by atoms with Crippen LogP contribution in [0.15, 0.2) is 24.3 Å². The van der Waals surface area contributed by atoms with Crippen molar-refractivity contribution in [2.24, 2.45) is 0 Å². The number of anilines is 1. The van der Waals surface area contributed by atoms with Crippen LogP contribution in [0.1, 0.15) is 18.4 Å². The summed E-state index contributed by atoms with van der Waals surface area (Å²) in [6, 6.07) is 9.33. The van der Waals surface area contributed by atoms with E-state index in [2.05, 4.69) is 41.4 Å². The zero-order valence-electron chi connectivity index (χ0n) is 14.1. The van der Waals surface area contributed by atoms with E-state index in [9.17, 15) is 4.79 Å². The van der Waals surface area contributed by atoms with Gasteiger partial charge >= 0.3 is 0 Å². The minimum atomic E-state index is 0.0765. The molecular weight excluding hydrogens is 290 g/mol. The van der Waals surface area contributed by atoms with Crippen LogP contribution >= 0.6 is 0 Å². The zero-order chi connectivity index (χ0) is 16.2. The van der Waals surface area contributed by atoms with Crippen LogP contribution in [0.5, 0.6) is 0 Å². The van der Waals surface area contributed by atoms with Crippen molar-refractivity contribution >= 4 is 11.6 Å². The van der Waals surface area contributed by atoms with Gasteiger partial charge in [-0.05, 0) is 31.9 Å². The maximum Gasteiger partial charge on any atom is 0.248 e. The smallest absolute Gasteiger partial charge is 0.248 e. The first-order valence-electron chi connectivity index (χ1n) is 8.52. The molecule has 1 amide bonds. The number of aryl methyl sites for hydroxylation is 1. The normalized spacial score (nSPS) is 23.4. The molecule has 1 aromatic rings. The summed E-state index contributed by atoms with van der Waals surface area (Å²) < 4.78 is 5.59. The molecule has 1 aromatic carbocycles. The van der Waals surface area contributed by atoms with Crippen molar-refractivity contribution in [2.75, 3.05) is 44.7 Å². The Balaban J connectivity index is 1.41. The third-order valence-electron chi connectivity index (χ3n) is 4.87. The summed E-state index contributed by atoms with van der Waals surface area (Å²) in [5.41, 5.74) is 2.63. The molecule has 2 aliphatic rings. The van der Waals surface area contributed by atoms with Crippen LogP contribution in [0, 0.1) is 6.92 Å². The molecule has 0 aliphatic carbocycles. The second kappa shape index (κ2) is 7.32. The summed E-state index contributed by atoms with van der Waals surface area (Å²) in [6.45, 7) is 6.03. The van der Waals surface area contributed by atoms with E-state index in [4.69, 9.17) is 4.74 Å². The number of hydrogen-bond donors (Lipinski definition) is 1. The molecule has 5 nitrogen and oxygen atoms in total. The monoisotopic (exact) mass is 317 g/mol. The Labute approximate surface area is 138 Å². The Kier molecular flexibility index (Phi) is 5.18. The van der Waals surface area contributed by atoms with Crippen LogP contribution in [-0.2, 0) is 9.53 Å². The summed E-state index contributed by atoms with van der Waals surface area (Å²) >= 11 is 0. The molecule has 0 saturated carbocycles. The lowest BCUT2D eigenvalue weighted by atomic mass is 10.0. The van der Waals surface area contributed by atoms with E-state index in [1.54, 1.807) is 4.90 Å². The van der Waals surface area contributed by atoms with Crippen LogP contribution in [-0.4, -0.2) is 62.8 Å². The van der Waals surface area contributed by atoms with Gasteiger partial charge in [0.15, 0.2) is 0 Å². The highest BCUT2D eigenvalue weighted by atomic mass is 16.5. The molecule has 2 saturated heterocycles. The lowest BCUT2D eigenvalue weighted by molar-refractivity contribution is -0.146. The number of nitrogens with one attached hydrogen (secondary N) is 1. The molecule has 1 unspecified atom stereocenters. The Morgan fingerprint density at radius 1 is 1.22 bits per heavy atom. The fourth-order valence-electron chi connectivity index (χ4n) is 3.28. The molecule has 3 rings (SSSR count). The first kappa shape index (κ1) is 16.3. The fourth-order valence-corrected chi connectivity index (χ4v) is 3.28. The quantitative estimate of drug-likeness (QED) is 0.912. The van der Waals surface area contributed by atoms with Crippen molar-refractivity contribution in [1.82, 2.24) is 10.2 Å². The number of piperidine rings is 1. The van der Waals surface area contributed by atoms with Crippen molar-refractivity contribution in [3.63, 3.8) is 0 Å². The van der Waals surface area contributed by atoms with Gasteiger partial charge in [0.05, 0.1) is 6.10 Å². The van der Waals surface area contributed by atoms with Gasteiger partial charge in [0, 0.05) is 45.0 Å². The lowest BCUT2D eigenvalue weighted by Crippen LogP contribution is -2.51. The van der Waals surface area contributed by atoms with Gasteiger partial charge < -0.3 is 19.9 Å². The molecule has 5 heteroatoms. The number of carbonyl (C=O) groups excluding carboxylic acids is 1. The van der Waals surface area contributed by atoms with Gasteiger partial charge in [0.25, 0.3) is 0 Å². The van der Waals surface area contributed by atoms with Crippen molar-refractivity contribution < 1.29 is 9.53 Å². The number of rotatable bonds is 4. The average Bonchev–Trinajstić information content (AvgIpc) is 2.57. The van der Waals surface area contributed by atoms with E-state index in [1.807, 2.05) is 7.05 Å². The molecule has 2 heterocycles. The molecule has 2 aliphatic heterocycles. The molecule has 0 spiro atoms. The van der Waals surface area contributed by atoms with Crippen LogP contribution in [0.4, 0.5) is 5.69 Å². The summed E-state index contributed by atoms with van der Waals surface area (Å²) in [4.78, 5) is 15.6. The maximum absolute atomic E-state index is 11.4. The number of carbonyl (C=O) groups is 1. The van der Waals surface area contributed by atoms with E-state index in [0.29, 0.717) is 12.6 Å². The summed E-state index contributed by atoms with van der Waals surface area (Å²) in [6.07, 6.45) is 2.41. The van der Waals surface area contributed by atoms with Crippen molar-refractivity contribution in [3.8, 4) is 0 Å². The standard InChI is InChI=1S/C18H27N3O2/c1-14-3-5-16(6-4-14)21-9-7-15(8-10-21)19-11-17-12-20(2)18(22)13-23-17/h3-6,15,17,19H,7-13H2,1-2H3. The van der Waals surface area contributed by atoms with E-state index < -0.39 is 0 Å². The Bertz CT molecular complexity index is 524. The van der Waals surface area contributed by atoms with E-state index in [0.717, 1.165) is 32.5 Å². The highest BCUT2D eigenvalue weighted by Gasteiger charge is 2.25. The Morgan fingerprint density at radius 3 is 2.57 bits per heavy atom. The average molecular weight is 317 g/mol. The van der Waals surface area contributed by atoms with Gasteiger partial charge in [-0.15, -0.1) is 0 Å². The van der Waals surface area contributed by atoms with Gasteiger partial charge in [0.2, 0.25) is 5.91 Å². The van der Waals surface area contributed by atoms with Gasteiger partial charge in [0.1, 0.15) is 6.61 Å². The predicted octanol–water partition coefficient (Wildman–Crippen LogP) is 1.41. The number of nitrogens with zero attached hydrogens (tertiary/aromatic N) is 2. The number of benzene rings is 1. The summed E-state index contributed by atoms with van der Waals surface area (Å²) in [5.74, 6) is 0.0765. The van der Waals surface area contributed by atoms with Crippen molar-refractivity contribution in [2.45, 2.75) is 31.9 Å². The number of amides is 1. The first-order valence-corrected chi connectivity index (χ1v) is 8.52. The second-order valence-corrected chi connectivity index (χ2v) is 6.71. The molecular formula is C18H27N3O2. The van der Waals surface area contributed by atoms with Crippen LogP contribution < -0.4 is 10.2 Å². The van der Waals surface area contributed by atoms with E-state index in [-0.39, 0.29) is 18.6 Å². The largest absolute Gasteiger partial charge is 0.371 e. The fraction of sp³-hybridized carbons (Fsp3) is 0.611. The third-order valence-corrected chi connectivity index (χ3v) is 4.87. The van der Waals surface area contributed by atoms with Gasteiger partial charge in [-0.3, -0.25) is 4.79 Å². The number of ether oxygens (including phenoxy) is 1. The molecule has 126 valence electrons. The Hall–Kier alpha value is -1.59. The van der Waals surface area contributed by atoms with Crippen LogP contribution in [0.25, 0.3) is 0 Å². The summed E-state index contributed by atoms with van der Waals surface area (Å²) in [7, 11) is 1.85. The molecule has 0 radical (unpaired) electrons. The number of morpholine rings is 1. The number of likely N-dealkylation sites (N-methyl/N-ethyl adjacent to an activating group) is 1. The van der Waals surface area contributed by atoms with Crippen LogP contribution in [0.2, 0.25) is 0 Å². The van der Waals surface area contributed by atoms with Gasteiger partial charge in [-0.1, -0.05) is 17.7 Å². The van der Waals surface area contributed by atoms with Crippen LogP contribution in [0.3, 0.4) is 0 Å². The van der Waals surface area contributed by atoms with Crippen molar-refractivity contribution in [1.29, 1.82) is 0 Å². The maximum atomic E-state index is 11.4. The molecule has 0 aromatic heterocycles. The predicted molar refractivity (Wildman–Crippen MR) is 91.8 cm³/mol. The van der Waals surface area contributed by atoms with E-state index >= 15 is 0 Å². The van der Waals surface area contributed by atoms with Gasteiger partial charge in [-0.2, -0.15) is 0 Å². The minimum Gasteiger partial charge on any atom is -0.371 e. The number of hydrogen-bond acceptors (Lipinski definition) is 4. The zero-order valence-corrected chi connectivity index (χ0v) is 14.1.